The molecule has 2 aliphatic heterocycles. The number of ether oxygens (including phenoxy) is 3. The number of hydrogen-bond donors (Lipinski definition) is 3. The molecule has 19 heteroatoms. The van der Waals surface area contributed by atoms with Gasteiger partial charge in [0.05, 0.1) is 40.4 Å². The molecular weight excluding hydrogens is 1030 g/mol. The number of carbonyl (C=O) groups excluding carboxylic acids is 4. The van der Waals surface area contributed by atoms with Crippen molar-refractivity contribution in [1.29, 1.82) is 0 Å². The fourth-order valence-corrected chi connectivity index (χ4v) is 11.8. The fraction of sp³-hybridized carbons (Fsp3) is 0.448. The number of aryl methyl sites for hydroxylation is 3. The number of nitrogens with zero attached hydrogens (tertiary/aromatic N) is 6. The van der Waals surface area contributed by atoms with Gasteiger partial charge in [-0.05, 0) is 113 Å². The van der Waals surface area contributed by atoms with Gasteiger partial charge in [-0.25, -0.2) is 4.98 Å². The van der Waals surface area contributed by atoms with Crippen LogP contribution in [0.1, 0.15) is 123 Å². The van der Waals surface area contributed by atoms with Gasteiger partial charge in [0.2, 0.25) is 23.6 Å². The first-order chi connectivity index (χ1) is 36.8. The minimum absolute atomic E-state index is 0.0676. The number of thiophene rings is 1. The van der Waals surface area contributed by atoms with Crippen LogP contribution in [-0.4, -0.2) is 106 Å². The number of rotatable bonds is 22. The predicted octanol–water partition coefficient (Wildman–Crippen LogP) is 9.70. The zero-order valence-corrected chi connectivity index (χ0v) is 47.8. The van der Waals surface area contributed by atoms with E-state index in [1.807, 2.05) is 131 Å². The summed E-state index contributed by atoms with van der Waals surface area (Å²) in [7, 11) is 0. The van der Waals surface area contributed by atoms with Crippen LogP contribution in [0.3, 0.4) is 0 Å². The molecule has 3 atom stereocenters. The Morgan fingerprint density at radius 2 is 1.52 bits per heavy atom. The van der Waals surface area contributed by atoms with Crippen molar-refractivity contribution in [2.24, 2.45) is 10.4 Å². The molecule has 0 bridgehead atoms. The Labute approximate surface area is 464 Å². The number of nitrogens with one attached hydrogen (secondary N) is 3. The van der Waals surface area contributed by atoms with Gasteiger partial charge >= 0.3 is 0 Å². The van der Waals surface area contributed by atoms with Crippen LogP contribution < -0.4 is 20.7 Å². The summed E-state index contributed by atoms with van der Waals surface area (Å²) in [6.45, 7) is 20.0. The maximum atomic E-state index is 14.0. The Balaban J connectivity index is 0.725. The van der Waals surface area contributed by atoms with E-state index in [1.54, 1.807) is 27.6 Å². The van der Waals surface area contributed by atoms with Crippen LogP contribution in [0.15, 0.2) is 83.3 Å². The van der Waals surface area contributed by atoms with Crippen LogP contribution in [0.5, 0.6) is 5.75 Å². The standard InChI is InChI=1S/C58H70ClN9O7S2/c1-35-37(3)77-56-49(35)50(40-18-22-43(59)23-19-40)62-45(53-66-65-38(4)68(53)56)31-47(69)64-58(8,9)42-20-24-44(25-21-42)75-30-12-28-73-27-11-29-74-33-48(70)63-52(57(5,6)7)55(72)67-26-10-13-46(67)54(71)60-32-39-14-16-41(17-15-39)51-36(2)61-34-76-51/h14-25,34,45-46,52H,10-13,26-33H2,1-9H3,(H,60,71)(H,63,70)(H,64,69)/t45-,46-,52+/m0/s1. The lowest BCUT2D eigenvalue weighted by atomic mass is 9.85. The molecular formula is C58H70ClN9O7S2. The van der Waals surface area contributed by atoms with E-state index in [9.17, 15) is 19.2 Å². The molecule has 16 nitrogen and oxygen atoms in total. The molecule has 5 heterocycles. The molecule has 3 aromatic heterocycles. The molecule has 1 fully saturated rings. The molecule has 1 saturated heterocycles. The summed E-state index contributed by atoms with van der Waals surface area (Å²) in [4.78, 5) is 67.9. The highest BCUT2D eigenvalue weighted by atomic mass is 35.5. The van der Waals surface area contributed by atoms with Gasteiger partial charge in [0.1, 0.15) is 41.3 Å². The van der Waals surface area contributed by atoms with Crippen molar-refractivity contribution in [3.8, 4) is 21.2 Å². The monoisotopic (exact) mass is 1100 g/mol. The van der Waals surface area contributed by atoms with Crippen molar-refractivity contribution >= 4 is 63.6 Å². The van der Waals surface area contributed by atoms with Gasteiger partial charge in [0.25, 0.3) is 0 Å². The lowest BCUT2D eigenvalue weighted by molar-refractivity contribution is -0.144. The van der Waals surface area contributed by atoms with Gasteiger partial charge in [0, 0.05) is 60.4 Å². The Morgan fingerprint density at radius 3 is 2.21 bits per heavy atom. The maximum absolute atomic E-state index is 14.0. The molecule has 2 aliphatic rings. The van der Waals surface area contributed by atoms with Crippen molar-refractivity contribution in [2.75, 3.05) is 39.6 Å². The minimum atomic E-state index is -0.840. The Hall–Kier alpha value is -6.31. The van der Waals surface area contributed by atoms with Gasteiger partial charge in [-0.1, -0.05) is 80.9 Å². The summed E-state index contributed by atoms with van der Waals surface area (Å²) in [6.07, 6.45) is 2.57. The van der Waals surface area contributed by atoms with Gasteiger partial charge in [0.15, 0.2) is 5.82 Å². The van der Waals surface area contributed by atoms with Gasteiger partial charge < -0.3 is 35.1 Å². The van der Waals surface area contributed by atoms with Crippen LogP contribution in [0.2, 0.25) is 5.02 Å². The molecule has 0 saturated carbocycles. The third kappa shape index (κ3) is 13.9. The number of amides is 4. The van der Waals surface area contributed by atoms with E-state index in [0.29, 0.717) is 81.8 Å². The van der Waals surface area contributed by atoms with Crippen LogP contribution >= 0.6 is 34.3 Å². The first-order valence-electron chi connectivity index (χ1n) is 26.2. The predicted molar refractivity (Wildman–Crippen MR) is 302 cm³/mol. The second-order valence-electron chi connectivity index (χ2n) is 21.3. The third-order valence-electron chi connectivity index (χ3n) is 14.0. The summed E-state index contributed by atoms with van der Waals surface area (Å²) >= 11 is 9.55. The van der Waals surface area contributed by atoms with E-state index < -0.39 is 35.0 Å². The van der Waals surface area contributed by atoms with Crippen molar-refractivity contribution < 1.29 is 33.4 Å². The number of fused-ring (bicyclic) bond motifs is 3. The number of aromatic nitrogens is 4. The number of hydrogen-bond acceptors (Lipinski definition) is 13. The fourth-order valence-electron chi connectivity index (χ4n) is 9.61. The smallest absolute Gasteiger partial charge is 0.246 e. The average molecular weight is 1100 g/mol. The SMILES string of the molecule is Cc1ncsc1-c1ccc(CNC(=O)[C@@H]2CCCN2C(=O)[C@@H](NC(=O)COCCCOCCCOc2ccc(C(C)(C)NC(=O)C[C@@H]3N=C(c4ccc(Cl)cc4)c4c(sc(C)c4C)-n4c(C)nnc43)cc2)C(C)(C)C)cc1. The van der Waals surface area contributed by atoms with Crippen LogP contribution in [-0.2, 0) is 40.7 Å². The lowest BCUT2D eigenvalue weighted by Crippen LogP contribution is -2.58. The molecule has 3 N–H and O–H groups in total. The summed E-state index contributed by atoms with van der Waals surface area (Å²) in [5.41, 5.74) is 8.30. The van der Waals surface area contributed by atoms with E-state index in [1.165, 1.54) is 4.88 Å². The van der Waals surface area contributed by atoms with Crippen LogP contribution in [0.25, 0.3) is 15.4 Å². The quantitative estimate of drug-likeness (QED) is 0.0552. The second-order valence-corrected chi connectivity index (χ2v) is 23.8. The summed E-state index contributed by atoms with van der Waals surface area (Å²) in [5.74, 6) is 1.00. The van der Waals surface area contributed by atoms with Crippen molar-refractivity contribution in [1.82, 2.24) is 40.6 Å². The Bertz CT molecular complexity index is 3070. The summed E-state index contributed by atoms with van der Waals surface area (Å²) in [5, 5.41) is 19.7. The average Bonchev–Trinajstić information content (AvgIpc) is 4.23. The van der Waals surface area contributed by atoms with Crippen molar-refractivity contribution in [3.63, 3.8) is 0 Å². The molecule has 0 unspecified atom stereocenters. The van der Waals surface area contributed by atoms with E-state index in [0.717, 1.165) is 60.5 Å². The number of halogens is 1. The molecule has 77 heavy (non-hydrogen) atoms. The van der Waals surface area contributed by atoms with Crippen LogP contribution in [0.4, 0.5) is 0 Å². The van der Waals surface area contributed by atoms with Gasteiger partial charge in [-0.2, -0.15) is 0 Å². The van der Waals surface area contributed by atoms with Crippen molar-refractivity contribution in [2.45, 2.75) is 125 Å². The zero-order chi connectivity index (χ0) is 55.0. The largest absolute Gasteiger partial charge is 0.494 e. The summed E-state index contributed by atoms with van der Waals surface area (Å²) in [6, 6.07) is 21.3. The first kappa shape index (κ1) is 56.9. The highest BCUT2D eigenvalue weighted by Crippen LogP contribution is 2.40. The normalized spacial score (nSPS) is 15.8. The molecule has 4 amide bonds. The van der Waals surface area contributed by atoms with Crippen LogP contribution in [0, 0.1) is 33.1 Å². The Morgan fingerprint density at radius 1 is 0.831 bits per heavy atom. The van der Waals surface area contributed by atoms with Crippen molar-refractivity contribution in [3.05, 3.63) is 133 Å². The maximum Gasteiger partial charge on any atom is 0.246 e. The van der Waals surface area contributed by atoms with Gasteiger partial charge in [-0.15, -0.1) is 32.9 Å². The Kier molecular flexibility index (Phi) is 18.5. The lowest BCUT2D eigenvalue weighted by Gasteiger charge is -2.35. The molecule has 0 spiro atoms. The minimum Gasteiger partial charge on any atom is -0.494 e. The number of carbonyl (C=O) groups is 4. The number of aliphatic imine (C=N–C) groups is 1. The van der Waals surface area contributed by atoms with E-state index in [-0.39, 0.29) is 30.7 Å². The molecule has 408 valence electrons. The van der Waals surface area contributed by atoms with E-state index in [2.05, 4.69) is 45.0 Å². The third-order valence-corrected chi connectivity index (χ3v) is 16.4. The highest BCUT2D eigenvalue weighted by molar-refractivity contribution is 7.15. The number of likely N-dealkylation sites (tertiary alicyclic amines) is 1. The molecule has 0 radical (unpaired) electrons. The molecule has 0 aliphatic carbocycles. The number of benzene rings is 3. The number of thiazole rings is 1. The molecule has 8 rings (SSSR count). The first-order valence-corrected chi connectivity index (χ1v) is 28.3. The zero-order valence-electron chi connectivity index (χ0n) is 45.5. The topological polar surface area (TPSA) is 191 Å². The highest BCUT2D eigenvalue weighted by Gasteiger charge is 2.42. The van der Waals surface area contributed by atoms with E-state index in [4.69, 9.17) is 30.8 Å². The summed E-state index contributed by atoms with van der Waals surface area (Å²) < 4.78 is 19.5. The van der Waals surface area contributed by atoms with E-state index >= 15 is 0 Å². The molecule has 6 aromatic rings. The van der Waals surface area contributed by atoms with Gasteiger partial charge in [-0.3, -0.25) is 28.7 Å². The molecule has 3 aromatic carbocycles. The second kappa shape index (κ2) is 25.0.